The Bertz CT molecular complexity index is 1310. The van der Waals surface area contributed by atoms with Crippen LogP contribution in [0.4, 0.5) is 5.95 Å². The molecule has 1 saturated heterocycles. The number of carbonyl (C=O) groups is 2. The molecule has 3 aliphatic rings. The van der Waals surface area contributed by atoms with Gasteiger partial charge in [0.05, 0.1) is 22.4 Å². The number of amides is 2. The van der Waals surface area contributed by atoms with Gasteiger partial charge in [-0.15, -0.1) is 0 Å². The number of anilines is 1. The van der Waals surface area contributed by atoms with Crippen molar-refractivity contribution in [2.24, 2.45) is 0 Å². The highest BCUT2D eigenvalue weighted by Gasteiger charge is 2.32. The second-order valence-corrected chi connectivity index (χ2v) is 8.31. The number of imide groups is 1. The number of benzene rings is 1. The van der Waals surface area contributed by atoms with Gasteiger partial charge in [0.1, 0.15) is 0 Å². The maximum atomic E-state index is 12.9. The first-order valence-electron chi connectivity index (χ1n) is 11.4. The summed E-state index contributed by atoms with van der Waals surface area (Å²) >= 11 is 0. The number of hydrogen-bond donors (Lipinski definition) is 3. The van der Waals surface area contributed by atoms with Crippen molar-refractivity contribution in [2.75, 3.05) is 31.1 Å². The van der Waals surface area contributed by atoms with Gasteiger partial charge < -0.3 is 15.5 Å². The van der Waals surface area contributed by atoms with Crippen molar-refractivity contribution in [1.29, 1.82) is 0 Å². The Morgan fingerprint density at radius 1 is 1.03 bits per heavy atom. The van der Waals surface area contributed by atoms with E-state index in [4.69, 9.17) is 9.97 Å². The van der Waals surface area contributed by atoms with Gasteiger partial charge in [-0.3, -0.25) is 14.9 Å². The first kappa shape index (κ1) is 21.8. The van der Waals surface area contributed by atoms with Gasteiger partial charge in [0.15, 0.2) is 0 Å². The Morgan fingerprint density at radius 3 is 2.68 bits per heavy atom. The second kappa shape index (κ2) is 9.44. The Morgan fingerprint density at radius 2 is 1.82 bits per heavy atom. The Kier molecular flexibility index (Phi) is 6.05. The number of aromatic nitrogens is 2. The molecule has 0 spiro atoms. The maximum Gasteiger partial charge on any atom is 0.261 e. The van der Waals surface area contributed by atoms with E-state index in [9.17, 15) is 9.59 Å². The number of fused-ring (bicyclic) bond motifs is 1. The third-order valence-electron chi connectivity index (χ3n) is 6.03. The zero-order chi connectivity index (χ0) is 23.5. The molecule has 5 rings (SSSR count). The predicted molar refractivity (Wildman–Crippen MR) is 133 cm³/mol. The number of rotatable bonds is 5. The van der Waals surface area contributed by atoms with Gasteiger partial charge in [-0.05, 0) is 37.1 Å². The van der Waals surface area contributed by atoms with Crippen molar-refractivity contribution in [3.8, 4) is 0 Å². The monoisotopic (exact) mass is 454 g/mol. The van der Waals surface area contributed by atoms with Crippen LogP contribution in [0.1, 0.15) is 19.0 Å². The molecule has 0 saturated carbocycles. The third kappa shape index (κ3) is 4.27. The van der Waals surface area contributed by atoms with Crippen LogP contribution in [-0.2, 0) is 9.59 Å². The van der Waals surface area contributed by atoms with Gasteiger partial charge in [0.25, 0.3) is 11.8 Å². The molecule has 1 aliphatic carbocycles. The lowest BCUT2D eigenvalue weighted by Gasteiger charge is -2.28. The molecule has 8 heteroatoms. The minimum Gasteiger partial charge on any atom is -0.361 e. The van der Waals surface area contributed by atoms with Crippen LogP contribution in [0.15, 0.2) is 77.7 Å². The average molecular weight is 455 g/mol. The van der Waals surface area contributed by atoms with Gasteiger partial charge in [0, 0.05) is 43.5 Å². The molecular formula is C26H26N6O2. The molecule has 0 unspecified atom stereocenters. The van der Waals surface area contributed by atoms with E-state index < -0.39 is 11.8 Å². The van der Waals surface area contributed by atoms with E-state index in [0.717, 1.165) is 54.8 Å². The van der Waals surface area contributed by atoms with Crippen molar-refractivity contribution in [2.45, 2.75) is 13.3 Å². The summed E-state index contributed by atoms with van der Waals surface area (Å²) in [5.41, 5.74) is 3.76. The number of hydrogen-bond acceptors (Lipinski definition) is 7. The predicted octanol–water partition coefficient (Wildman–Crippen LogP) is 2.34. The quantitative estimate of drug-likeness (QED) is 0.597. The molecule has 1 aromatic carbocycles. The highest BCUT2D eigenvalue weighted by molar-refractivity contribution is 6.37. The smallest absolute Gasteiger partial charge is 0.261 e. The Balaban J connectivity index is 1.58. The van der Waals surface area contributed by atoms with Crippen LogP contribution in [0.25, 0.3) is 16.5 Å². The molecule has 3 N–H and O–H groups in total. The summed E-state index contributed by atoms with van der Waals surface area (Å²) < 4.78 is 0. The molecule has 34 heavy (non-hydrogen) atoms. The van der Waals surface area contributed by atoms with E-state index in [-0.39, 0.29) is 11.1 Å². The van der Waals surface area contributed by atoms with Crippen LogP contribution in [0.5, 0.6) is 0 Å². The van der Waals surface area contributed by atoms with Crippen LogP contribution >= 0.6 is 0 Å². The molecule has 3 heterocycles. The van der Waals surface area contributed by atoms with Crippen LogP contribution in [-0.4, -0.2) is 48.0 Å². The standard InChI is InChI=1S/C26H26N6O2/c1-17-7-3-2-4-9-20(17)28-12-11-19-22(25(34)31-24(19)33)23-18-8-5-6-10-21(18)29-26(30-23)32-15-13-27-14-16-32/h3-12,27-28H,2,13-16H2,1H3,(H,31,33,34)/b12-11+. The number of nitrogens with one attached hydrogen (secondary N) is 3. The van der Waals surface area contributed by atoms with Crippen LogP contribution < -0.4 is 20.9 Å². The van der Waals surface area contributed by atoms with E-state index in [0.29, 0.717) is 11.6 Å². The largest absolute Gasteiger partial charge is 0.361 e. The minimum absolute atomic E-state index is 0.264. The molecule has 1 aromatic heterocycles. The second-order valence-electron chi connectivity index (χ2n) is 8.31. The first-order chi connectivity index (χ1) is 16.6. The van der Waals surface area contributed by atoms with Crippen molar-refractivity contribution in [3.63, 3.8) is 0 Å². The minimum atomic E-state index is -0.451. The van der Waals surface area contributed by atoms with E-state index in [1.807, 2.05) is 37.3 Å². The maximum absolute atomic E-state index is 12.9. The zero-order valence-electron chi connectivity index (χ0n) is 19.0. The molecule has 8 nitrogen and oxygen atoms in total. The number of carbonyl (C=O) groups excluding carboxylic acids is 2. The summed E-state index contributed by atoms with van der Waals surface area (Å²) in [6, 6.07) is 7.57. The van der Waals surface area contributed by atoms with Crippen molar-refractivity contribution in [3.05, 3.63) is 83.4 Å². The summed E-state index contributed by atoms with van der Waals surface area (Å²) in [6.07, 6.45) is 12.4. The Labute approximate surface area is 197 Å². The normalized spacial score (nSPS) is 18.9. The number of para-hydroxylation sites is 1. The molecule has 2 aliphatic heterocycles. The molecular weight excluding hydrogens is 428 g/mol. The number of allylic oxidation sites excluding steroid dienone is 5. The SMILES string of the molecule is CC1=C(N/C=C/C2=C(c3nc(N4CCNCC4)nc4ccccc34)C(=O)NC2=O)C=CCC=C1. The van der Waals surface area contributed by atoms with E-state index in [1.54, 1.807) is 12.3 Å². The fourth-order valence-electron chi connectivity index (χ4n) is 4.23. The van der Waals surface area contributed by atoms with Crippen molar-refractivity contribution >= 4 is 34.2 Å². The summed E-state index contributed by atoms with van der Waals surface area (Å²) in [5.74, 6) is -0.327. The summed E-state index contributed by atoms with van der Waals surface area (Å²) in [7, 11) is 0. The summed E-state index contributed by atoms with van der Waals surface area (Å²) in [4.78, 5) is 37.3. The van der Waals surface area contributed by atoms with Crippen LogP contribution in [0, 0.1) is 0 Å². The highest BCUT2D eigenvalue weighted by Crippen LogP contribution is 2.30. The van der Waals surface area contributed by atoms with Gasteiger partial charge >= 0.3 is 0 Å². The lowest BCUT2D eigenvalue weighted by Crippen LogP contribution is -2.44. The molecule has 0 radical (unpaired) electrons. The molecule has 0 atom stereocenters. The zero-order valence-corrected chi connectivity index (χ0v) is 19.0. The lowest BCUT2D eigenvalue weighted by atomic mass is 10.0. The van der Waals surface area contributed by atoms with Gasteiger partial charge in [-0.1, -0.05) is 36.4 Å². The van der Waals surface area contributed by atoms with E-state index in [2.05, 4.69) is 39.1 Å². The fourth-order valence-corrected chi connectivity index (χ4v) is 4.23. The summed E-state index contributed by atoms with van der Waals surface area (Å²) in [5, 5.41) is 9.72. The molecule has 172 valence electrons. The average Bonchev–Trinajstić information content (AvgIpc) is 2.99. The topological polar surface area (TPSA) is 99.2 Å². The van der Waals surface area contributed by atoms with Gasteiger partial charge in [-0.2, -0.15) is 0 Å². The third-order valence-corrected chi connectivity index (χ3v) is 6.03. The number of piperazine rings is 1. The first-order valence-corrected chi connectivity index (χ1v) is 11.4. The van der Waals surface area contributed by atoms with Crippen molar-refractivity contribution in [1.82, 2.24) is 25.9 Å². The number of nitrogens with zero attached hydrogens (tertiary/aromatic N) is 3. The fraction of sp³-hybridized carbons (Fsp3) is 0.231. The van der Waals surface area contributed by atoms with Crippen molar-refractivity contribution < 1.29 is 9.59 Å². The molecule has 2 amide bonds. The lowest BCUT2D eigenvalue weighted by molar-refractivity contribution is -0.123. The van der Waals surface area contributed by atoms with Crippen LogP contribution in [0.2, 0.25) is 0 Å². The Hall–Kier alpha value is -4.04. The molecule has 2 aromatic rings. The van der Waals surface area contributed by atoms with Gasteiger partial charge in [-0.25, -0.2) is 9.97 Å². The molecule has 0 bridgehead atoms. The van der Waals surface area contributed by atoms with E-state index in [1.165, 1.54) is 0 Å². The summed E-state index contributed by atoms with van der Waals surface area (Å²) in [6.45, 7) is 5.24. The van der Waals surface area contributed by atoms with Gasteiger partial charge in [0.2, 0.25) is 5.95 Å². The highest BCUT2D eigenvalue weighted by atomic mass is 16.2. The molecule has 1 fully saturated rings. The van der Waals surface area contributed by atoms with Crippen LogP contribution in [0.3, 0.4) is 0 Å². The van der Waals surface area contributed by atoms with E-state index >= 15 is 0 Å².